The van der Waals surface area contributed by atoms with Gasteiger partial charge in [0.15, 0.2) is 0 Å². The quantitative estimate of drug-likeness (QED) is 0.806. The van der Waals surface area contributed by atoms with Crippen molar-refractivity contribution in [2.45, 2.75) is 25.8 Å². The minimum atomic E-state index is -0.399. The predicted octanol–water partition coefficient (Wildman–Crippen LogP) is 4.49. The van der Waals surface area contributed by atoms with Crippen molar-refractivity contribution in [3.63, 3.8) is 0 Å². The van der Waals surface area contributed by atoms with Gasteiger partial charge in [-0.15, -0.1) is 0 Å². The van der Waals surface area contributed by atoms with Crippen LogP contribution in [0.15, 0.2) is 46.9 Å². The molecule has 4 heteroatoms. The third-order valence-corrected chi connectivity index (χ3v) is 3.83. The van der Waals surface area contributed by atoms with E-state index < -0.39 is 5.82 Å². The Bertz CT molecular complexity index is 601. The van der Waals surface area contributed by atoms with Crippen LogP contribution >= 0.6 is 15.9 Å². The maximum atomic E-state index is 13.8. The van der Waals surface area contributed by atoms with Crippen LogP contribution in [0.1, 0.15) is 18.1 Å². The predicted molar refractivity (Wildman–Crippen MR) is 85.4 cm³/mol. The van der Waals surface area contributed by atoms with Crippen molar-refractivity contribution >= 4 is 15.9 Å². The van der Waals surface area contributed by atoms with E-state index in [9.17, 15) is 8.78 Å². The van der Waals surface area contributed by atoms with E-state index in [1.807, 2.05) is 31.2 Å². The first-order valence-electron chi connectivity index (χ1n) is 7.00. The lowest BCUT2D eigenvalue weighted by molar-refractivity contribution is 0.502. The van der Waals surface area contributed by atoms with E-state index in [1.54, 1.807) is 0 Å². The summed E-state index contributed by atoms with van der Waals surface area (Å²) in [4.78, 5) is 0. The summed E-state index contributed by atoms with van der Waals surface area (Å²) >= 11 is 3.45. The summed E-state index contributed by atoms with van der Waals surface area (Å²) in [7, 11) is 0. The van der Waals surface area contributed by atoms with Crippen molar-refractivity contribution in [2.75, 3.05) is 6.54 Å². The number of benzene rings is 2. The van der Waals surface area contributed by atoms with Crippen LogP contribution < -0.4 is 5.32 Å². The minimum Gasteiger partial charge on any atom is -0.314 e. The second-order valence-corrected chi connectivity index (χ2v) is 5.94. The highest BCUT2D eigenvalue weighted by atomic mass is 79.9. The average molecular weight is 354 g/mol. The highest BCUT2D eigenvalue weighted by molar-refractivity contribution is 9.10. The molecule has 0 saturated heterocycles. The SMILES string of the molecule is CCNC(Cc1cccc(Br)c1)Cc1cc(F)ccc1F. The van der Waals surface area contributed by atoms with E-state index in [1.165, 1.54) is 12.1 Å². The highest BCUT2D eigenvalue weighted by Gasteiger charge is 2.13. The van der Waals surface area contributed by atoms with Gasteiger partial charge in [0, 0.05) is 10.5 Å². The van der Waals surface area contributed by atoms with Crippen LogP contribution in [0.3, 0.4) is 0 Å². The van der Waals surface area contributed by atoms with Crippen molar-refractivity contribution in [2.24, 2.45) is 0 Å². The zero-order valence-corrected chi connectivity index (χ0v) is 13.5. The Morgan fingerprint density at radius 3 is 2.62 bits per heavy atom. The average Bonchev–Trinajstić information content (AvgIpc) is 2.43. The summed E-state index contributed by atoms with van der Waals surface area (Å²) in [5, 5.41) is 3.34. The van der Waals surface area contributed by atoms with Crippen molar-refractivity contribution in [3.8, 4) is 0 Å². The standard InChI is InChI=1S/C17H18BrF2N/c1-2-21-16(9-12-4-3-5-14(18)8-12)11-13-10-15(19)6-7-17(13)20/h3-8,10,16,21H,2,9,11H2,1H3. The molecule has 1 nitrogen and oxygen atoms in total. The van der Waals surface area contributed by atoms with Gasteiger partial charge < -0.3 is 5.32 Å². The third-order valence-electron chi connectivity index (χ3n) is 3.34. The molecule has 0 saturated carbocycles. The molecule has 112 valence electrons. The Kier molecular flexibility index (Phi) is 5.88. The van der Waals surface area contributed by atoms with Gasteiger partial charge in [-0.1, -0.05) is 35.0 Å². The van der Waals surface area contributed by atoms with E-state index in [0.717, 1.165) is 29.1 Å². The van der Waals surface area contributed by atoms with Gasteiger partial charge in [0.1, 0.15) is 11.6 Å². The summed E-state index contributed by atoms with van der Waals surface area (Å²) in [6.45, 7) is 2.80. The Balaban J connectivity index is 2.13. The van der Waals surface area contributed by atoms with Gasteiger partial charge in [-0.25, -0.2) is 8.78 Å². The van der Waals surface area contributed by atoms with E-state index in [2.05, 4.69) is 21.2 Å². The summed E-state index contributed by atoms with van der Waals surface area (Å²) in [6, 6.07) is 11.7. The van der Waals surface area contributed by atoms with Gasteiger partial charge in [-0.2, -0.15) is 0 Å². The molecule has 0 fully saturated rings. The first kappa shape index (κ1) is 16.1. The molecular formula is C17H18BrF2N. The first-order valence-corrected chi connectivity index (χ1v) is 7.79. The van der Waals surface area contributed by atoms with Crippen LogP contribution in [0, 0.1) is 11.6 Å². The van der Waals surface area contributed by atoms with E-state index in [-0.39, 0.29) is 11.9 Å². The molecule has 0 aliphatic rings. The molecule has 0 heterocycles. The fourth-order valence-corrected chi connectivity index (χ4v) is 2.87. The lowest BCUT2D eigenvalue weighted by Crippen LogP contribution is -2.33. The van der Waals surface area contributed by atoms with E-state index >= 15 is 0 Å². The number of halogens is 3. The van der Waals surface area contributed by atoms with Gasteiger partial charge in [0.2, 0.25) is 0 Å². The number of hydrogen-bond acceptors (Lipinski definition) is 1. The van der Waals surface area contributed by atoms with Crippen LogP contribution in [0.2, 0.25) is 0 Å². The number of rotatable bonds is 6. The monoisotopic (exact) mass is 353 g/mol. The fraction of sp³-hybridized carbons (Fsp3) is 0.294. The van der Waals surface area contributed by atoms with Crippen LogP contribution in [0.5, 0.6) is 0 Å². The molecule has 1 atom stereocenters. The molecular weight excluding hydrogens is 336 g/mol. The lowest BCUT2D eigenvalue weighted by Gasteiger charge is -2.18. The Labute approximate surface area is 132 Å². The van der Waals surface area contributed by atoms with Crippen LogP contribution in [0.4, 0.5) is 8.78 Å². The molecule has 0 aliphatic heterocycles. The summed E-state index contributed by atoms with van der Waals surface area (Å²) in [5.74, 6) is -0.752. The zero-order valence-electron chi connectivity index (χ0n) is 11.9. The summed E-state index contributed by atoms with van der Waals surface area (Å²) in [5.41, 5.74) is 1.57. The second-order valence-electron chi connectivity index (χ2n) is 5.03. The van der Waals surface area contributed by atoms with E-state index in [0.29, 0.717) is 12.0 Å². The molecule has 0 amide bonds. The largest absolute Gasteiger partial charge is 0.314 e. The molecule has 1 N–H and O–H groups in total. The molecule has 0 aromatic heterocycles. The third kappa shape index (κ3) is 4.90. The number of nitrogens with one attached hydrogen (secondary N) is 1. The highest BCUT2D eigenvalue weighted by Crippen LogP contribution is 2.17. The van der Waals surface area contributed by atoms with Crippen LogP contribution in [-0.2, 0) is 12.8 Å². The van der Waals surface area contributed by atoms with Gasteiger partial charge in [0.25, 0.3) is 0 Å². The first-order chi connectivity index (χ1) is 10.1. The molecule has 0 spiro atoms. The molecule has 1 unspecified atom stereocenters. The molecule has 2 rings (SSSR count). The Hall–Kier alpha value is -1.26. The second kappa shape index (κ2) is 7.66. The van der Waals surface area contributed by atoms with Crippen molar-refractivity contribution in [1.29, 1.82) is 0 Å². The smallest absolute Gasteiger partial charge is 0.126 e. The molecule has 21 heavy (non-hydrogen) atoms. The van der Waals surface area contributed by atoms with Crippen molar-refractivity contribution < 1.29 is 8.78 Å². The Morgan fingerprint density at radius 2 is 1.90 bits per heavy atom. The number of hydrogen-bond donors (Lipinski definition) is 1. The van der Waals surface area contributed by atoms with Gasteiger partial charge >= 0.3 is 0 Å². The summed E-state index contributed by atoms with van der Waals surface area (Å²) < 4.78 is 28.1. The van der Waals surface area contributed by atoms with Crippen LogP contribution in [0.25, 0.3) is 0 Å². The van der Waals surface area contributed by atoms with Gasteiger partial charge in [-0.05, 0) is 60.8 Å². The molecule has 0 bridgehead atoms. The number of likely N-dealkylation sites (N-methyl/N-ethyl adjacent to an activating group) is 1. The minimum absolute atomic E-state index is 0.0700. The molecule has 0 aliphatic carbocycles. The summed E-state index contributed by atoms with van der Waals surface area (Å²) in [6.07, 6.45) is 1.23. The zero-order chi connectivity index (χ0) is 15.2. The topological polar surface area (TPSA) is 12.0 Å². The maximum absolute atomic E-state index is 13.8. The molecule has 2 aromatic rings. The maximum Gasteiger partial charge on any atom is 0.126 e. The van der Waals surface area contributed by atoms with Crippen molar-refractivity contribution in [3.05, 3.63) is 69.7 Å². The van der Waals surface area contributed by atoms with E-state index in [4.69, 9.17) is 0 Å². The van der Waals surface area contributed by atoms with Crippen LogP contribution in [-0.4, -0.2) is 12.6 Å². The normalized spacial score (nSPS) is 12.4. The fourth-order valence-electron chi connectivity index (χ4n) is 2.42. The van der Waals surface area contributed by atoms with Gasteiger partial charge in [-0.3, -0.25) is 0 Å². The van der Waals surface area contributed by atoms with Crippen molar-refractivity contribution in [1.82, 2.24) is 5.32 Å². The molecule has 2 aromatic carbocycles. The van der Waals surface area contributed by atoms with Gasteiger partial charge in [0.05, 0.1) is 0 Å². The lowest BCUT2D eigenvalue weighted by atomic mass is 9.98. The molecule has 0 radical (unpaired) electrons. The Morgan fingerprint density at radius 1 is 1.10 bits per heavy atom.